The summed E-state index contributed by atoms with van der Waals surface area (Å²) >= 11 is 0. The van der Waals surface area contributed by atoms with E-state index in [0.29, 0.717) is 5.56 Å². The van der Waals surface area contributed by atoms with Crippen molar-refractivity contribution >= 4 is 11.5 Å². The molecule has 0 amide bonds. The molecule has 2 heterocycles. The SMILES string of the molecule is C=C1c2cc(C#Cc3ccc(C(=N)N)cc3)ccc2-n2c(C)cnc2CN1CCC. The largest absolute Gasteiger partial charge is 0.384 e. The average Bonchev–Trinajstić information content (AvgIpc) is 3.06. The lowest BCUT2D eigenvalue weighted by atomic mass is 10.0. The number of nitrogens with zero attached hydrogens (tertiary/aromatic N) is 3. The molecule has 3 N–H and O–H groups in total. The van der Waals surface area contributed by atoms with Gasteiger partial charge in [-0.2, -0.15) is 0 Å². The standard InChI is InChI=1S/C25H25N5/c1-4-13-29-16-24-28-15-17(2)30(24)23-12-9-20(14-22(23)18(29)3)6-5-19-7-10-21(11-8-19)25(26)27/h7-12,14-15H,3-4,13,16H2,1-2H3,(H3,26,27). The Hall–Kier alpha value is -3.78. The number of hydrogen-bond acceptors (Lipinski definition) is 3. The number of nitrogen functional groups attached to an aromatic ring is 1. The zero-order valence-corrected chi connectivity index (χ0v) is 17.4. The molecular formula is C25H25N5. The minimum atomic E-state index is 0.0598. The van der Waals surface area contributed by atoms with E-state index in [0.717, 1.165) is 59.1 Å². The van der Waals surface area contributed by atoms with Gasteiger partial charge in [-0.05, 0) is 43.7 Å². The van der Waals surface area contributed by atoms with Crippen molar-refractivity contribution < 1.29 is 0 Å². The van der Waals surface area contributed by atoms with E-state index >= 15 is 0 Å². The van der Waals surface area contributed by atoms with Crippen LogP contribution in [0.4, 0.5) is 0 Å². The number of nitrogens with one attached hydrogen (secondary N) is 1. The first-order valence-electron chi connectivity index (χ1n) is 10.1. The van der Waals surface area contributed by atoms with Gasteiger partial charge in [0, 0.05) is 46.4 Å². The molecule has 4 rings (SSSR count). The van der Waals surface area contributed by atoms with Crippen molar-refractivity contribution in [2.75, 3.05) is 6.54 Å². The zero-order chi connectivity index (χ0) is 21.3. The number of amidine groups is 1. The lowest BCUT2D eigenvalue weighted by molar-refractivity contribution is 0.383. The Morgan fingerprint density at radius 2 is 1.87 bits per heavy atom. The molecule has 1 aromatic heterocycles. The molecule has 0 atom stereocenters. The molecule has 5 heteroatoms. The van der Waals surface area contributed by atoms with Crippen molar-refractivity contribution in [3.63, 3.8) is 0 Å². The minimum absolute atomic E-state index is 0.0598. The van der Waals surface area contributed by atoms with Gasteiger partial charge in [-0.3, -0.25) is 9.98 Å². The Labute approximate surface area is 177 Å². The van der Waals surface area contributed by atoms with Crippen molar-refractivity contribution in [3.8, 4) is 17.5 Å². The molecule has 1 aliphatic heterocycles. The molecule has 2 aromatic carbocycles. The summed E-state index contributed by atoms with van der Waals surface area (Å²) in [5, 5.41) is 7.49. The number of hydrogen-bond donors (Lipinski definition) is 2. The number of imidazole rings is 1. The summed E-state index contributed by atoms with van der Waals surface area (Å²) in [6.07, 6.45) is 2.97. The maximum absolute atomic E-state index is 7.49. The smallest absolute Gasteiger partial charge is 0.133 e. The number of aryl methyl sites for hydroxylation is 1. The van der Waals surface area contributed by atoms with Crippen LogP contribution in [0.5, 0.6) is 0 Å². The Kier molecular flexibility index (Phi) is 5.16. The molecule has 150 valence electrons. The molecule has 0 saturated heterocycles. The van der Waals surface area contributed by atoms with Crippen LogP contribution in [0.15, 0.2) is 55.2 Å². The molecular weight excluding hydrogens is 370 g/mol. The van der Waals surface area contributed by atoms with Crippen LogP contribution in [0.2, 0.25) is 0 Å². The maximum atomic E-state index is 7.49. The van der Waals surface area contributed by atoms with E-state index < -0.39 is 0 Å². The van der Waals surface area contributed by atoms with Gasteiger partial charge in [-0.1, -0.05) is 37.5 Å². The first-order valence-corrected chi connectivity index (χ1v) is 10.1. The van der Waals surface area contributed by atoms with E-state index in [1.165, 1.54) is 0 Å². The van der Waals surface area contributed by atoms with E-state index in [9.17, 15) is 0 Å². The highest BCUT2D eigenvalue weighted by molar-refractivity contribution is 5.94. The van der Waals surface area contributed by atoms with E-state index in [2.05, 4.69) is 58.9 Å². The number of nitrogens with two attached hydrogens (primary N) is 1. The topological polar surface area (TPSA) is 70.9 Å². The van der Waals surface area contributed by atoms with E-state index in [1.807, 2.05) is 36.5 Å². The summed E-state index contributed by atoms with van der Waals surface area (Å²) in [6.45, 7) is 10.3. The van der Waals surface area contributed by atoms with Gasteiger partial charge < -0.3 is 10.6 Å². The third-order valence-electron chi connectivity index (χ3n) is 5.31. The Morgan fingerprint density at radius 3 is 2.57 bits per heavy atom. The van der Waals surface area contributed by atoms with Crippen molar-refractivity contribution in [2.24, 2.45) is 5.73 Å². The quantitative estimate of drug-likeness (QED) is 0.399. The van der Waals surface area contributed by atoms with Gasteiger partial charge in [0.25, 0.3) is 0 Å². The summed E-state index contributed by atoms with van der Waals surface area (Å²) in [5.74, 6) is 7.56. The molecule has 0 saturated carbocycles. The number of rotatable bonds is 3. The lowest BCUT2D eigenvalue weighted by Crippen LogP contribution is -2.21. The number of fused-ring (bicyclic) bond motifs is 3. The molecule has 0 spiro atoms. The Bertz CT molecular complexity index is 1190. The summed E-state index contributed by atoms with van der Waals surface area (Å²) in [7, 11) is 0. The lowest BCUT2D eigenvalue weighted by Gasteiger charge is -2.24. The Balaban J connectivity index is 1.74. The predicted octanol–water partition coefficient (Wildman–Crippen LogP) is 4.06. The van der Waals surface area contributed by atoms with Gasteiger partial charge in [-0.25, -0.2) is 4.98 Å². The highest BCUT2D eigenvalue weighted by Crippen LogP contribution is 2.32. The second-order valence-electron chi connectivity index (χ2n) is 7.49. The van der Waals surface area contributed by atoms with Crippen LogP contribution in [0, 0.1) is 24.2 Å². The van der Waals surface area contributed by atoms with Crippen LogP contribution in [0.3, 0.4) is 0 Å². The van der Waals surface area contributed by atoms with Crippen molar-refractivity contribution in [1.82, 2.24) is 14.5 Å². The fourth-order valence-corrected chi connectivity index (χ4v) is 3.77. The van der Waals surface area contributed by atoms with Gasteiger partial charge in [0.1, 0.15) is 11.7 Å². The summed E-state index contributed by atoms with van der Waals surface area (Å²) < 4.78 is 2.22. The second-order valence-corrected chi connectivity index (χ2v) is 7.49. The Morgan fingerprint density at radius 1 is 1.17 bits per heavy atom. The fraction of sp³-hybridized carbons (Fsp3) is 0.200. The molecule has 1 aliphatic rings. The minimum Gasteiger partial charge on any atom is -0.384 e. The van der Waals surface area contributed by atoms with Crippen LogP contribution in [-0.2, 0) is 6.54 Å². The highest BCUT2D eigenvalue weighted by atomic mass is 15.2. The predicted molar refractivity (Wildman–Crippen MR) is 121 cm³/mol. The first kappa shape index (κ1) is 19.5. The van der Waals surface area contributed by atoms with Crippen LogP contribution in [-0.4, -0.2) is 26.8 Å². The van der Waals surface area contributed by atoms with Gasteiger partial charge in [0.2, 0.25) is 0 Å². The molecule has 0 radical (unpaired) electrons. The van der Waals surface area contributed by atoms with Crippen LogP contribution in [0.25, 0.3) is 11.4 Å². The van der Waals surface area contributed by atoms with Gasteiger partial charge in [0.05, 0.1) is 12.2 Å². The van der Waals surface area contributed by atoms with E-state index in [1.54, 1.807) is 0 Å². The molecule has 5 nitrogen and oxygen atoms in total. The monoisotopic (exact) mass is 395 g/mol. The molecule has 30 heavy (non-hydrogen) atoms. The fourth-order valence-electron chi connectivity index (χ4n) is 3.77. The third-order valence-corrected chi connectivity index (χ3v) is 5.31. The molecule has 0 unspecified atom stereocenters. The molecule has 0 fully saturated rings. The highest BCUT2D eigenvalue weighted by Gasteiger charge is 2.23. The maximum Gasteiger partial charge on any atom is 0.133 e. The van der Waals surface area contributed by atoms with Crippen molar-refractivity contribution in [1.29, 1.82) is 5.41 Å². The number of benzene rings is 2. The molecule has 0 bridgehead atoms. The zero-order valence-electron chi connectivity index (χ0n) is 17.4. The average molecular weight is 396 g/mol. The van der Waals surface area contributed by atoms with Crippen LogP contribution in [0.1, 0.15) is 47.1 Å². The molecule has 3 aromatic rings. The van der Waals surface area contributed by atoms with Gasteiger partial charge in [-0.15, -0.1) is 0 Å². The van der Waals surface area contributed by atoms with Crippen LogP contribution >= 0.6 is 0 Å². The van der Waals surface area contributed by atoms with Gasteiger partial charge >= 0.3 is 0 Å². The van der Waals surface area contributed by atoms with Crippen molar-refractivity contribution in [3.05, 3.63) is 89.0 Å². The van der Waals surface area contributed by atoms with E-state index in [-0.39, 0.29) is 5.84 Å². The summed E-state index contributed by atoms with van der Waals surface area (Å²) in [6, 6.07) is 13.7. The normalized spacial score (nSPS) is 12.5. The van der Waals surface area contributed by atoms with E-state index in [4.69, 9.17) is 11.1 Å². The van der Waals surface area contributed by atoms with Crippen LogP contribution < -0.4 is 5.73 Å². The first-order chi connectivity index (χ1) is 14.5. The second kappa shape index (κ2) is 7.92. The van der Waals surface area contributed by atoms with Crippen molar-refractivity contribution in [2.45, 2.75) is 26.8 Å². The third kappa shape index (κ3) is 3.60. The summed E-state index contributed by atoms with van der Waals surface area (Å²) in [4.78, 5) is 6.92. The summed E-state index contributed by atoms with van der Waals surface area (Å²) in [5.41, 5.74) is 12.3. The number of aromatic nitrogens is 2. The molecule has 0 aliphatic carbocycles. The van der Waals surface area contributed by atoms with Gasteiger partial charge in [0.15, 0.2) is 0 Å².